The summed E-state index contributed by atoms with van der Waals surface area (Å²) in [6, 6.07) is 5.70. The molecule has 0 amide bonds. The first kappa shape index (κ1) is 11.9. The standard InChI is InChI=1S/C12H18O3/c1-4-15-12-10(8-9(2)13)6-5-7-11(12)14-3/h5-7,9,13H,4,8H2,1-3H3. The van der Waals surface area contributed by atoms with Crippen LogP contribution in [0.4, 0.5) is 0 Å². The molecule has 1 aromatic carbocycles. The van der Waals surface area contributed by atoms with Crippen molar-refractivity contribution in [1.82, 2.24) is 0 Å². The molecular weight excluding hydrogens is 192 g/mol. The topological polar surface area (TPSA) is 38.7 Å². The average Bonchev–Trinajstić information content (AvgIpc) is 2.20. The van der Waals surface area contributed by atoms with E-state index in [4.69, 9.17) is 9.47 Å². The lowest BCUT2D eigenvalue weighted by Gasteiger charge is -2.14. The molecule has 84 valence electrons. The molecule has 1 unspecified atom stereocenters. The van der Waals surface area contributed by atoms with Crippen LogP contribution in [-0.4, -0.2) is 24.9 Å². The summed E-state index contributed by atoms with van der Waals surface area (Å²) in [6.07, 6.45) is 0.198. The van der Waals surface area contributed by atoms with Gasteiger partial charge in [-0.15, -0.1) is 0 Å². The van der Waals surface area contributed by atoms with Crippen LogP contribution in [0.3, 0.4) is 0 Å². The van der Waals surface area contributed by atoms with Crippen molar-refractivity contribution in [2.75, 3.05) is 13.7 Å². The van der Waals surface area contributed by atoms with E-state index in [1.54, 1.807) is 14.0 Å². The van der Waals surface area contributed by atoms with Crippen LogP contribution in [-0.2, 0) is 6.42 Å². The van der Waals surface area contributed by atoms with Gasteiger partial charge in [-0.25, -0.2) is 0 Å². The summed E-state index contributed by atoms with van der Waals surface area (Å²) < 4.78 is 10.7. The molecular formula is C12H18O3. The minimum absolute atomic E-state index is 0.378. The van der Waals surface area contributed by atoms with Crippen LogP contribution < -0.4 is 9.47 Å². The van der Waals surface area contributed by atoms with Gasteiger partial charge >= 0.3 is 0 Å². The Kier molecular flexibility index (Phi) is 4.43. The van der Waals surface area contributed by atoms with Crippen LogP contribution in [0.15, 0.2) is 18.2 Å². The maximum absolute atomic E-state index is 9.37. The van der Waals surface area contributed by atoms with Crippen molar-refractivity contribution >= 4 is 0 Å². The summed E-state index contributed by atoms with van der Waals surface area (Å²) in [5.74, 6) is 1.46. The van der Waals surface area contributed by atoms with Crippen LogP contribution in [0.1, 0.15) is 19.4 Å². The van der Waals surface area contributed by atoms with Crippen LogP contribution in [0.5, 0.6) is 11.5 Å². The van der Waals surface area contributed by atoms with Crippen molar-refractivity contribution in [2.45, 2.75) is 26.4 Å². The van der Waals surface area contributed by atoms with Crippen molar-refractivity contribution in [3.63, 3.8) is 0 Å². The maximum atomic E-state index is 9.37. The summed E-state index contributed by atoms with van der Waals surface area (Å²) in [6.45, 7) is 4.28. The average molecular weight is 210 g/mol. The van der Waals surface area contributed by atoms with Gasteiger partial charge in [-0.05, 0) is 19.9 Å². The number of ether oxygens (including phenoxy) is 2. The van der Waals surface area contributed by atoms with Gasteiger partial charge in [-0.3, -0.25) is 0 Å². The molecule has 0 aliphatic rings. The zero-order valence-electron chi connectivity index (χ0n) is 9.49. The minimum atomic E-state index is -0.378. The number of aliphatic hydroxyl groups is 1. The Bertz CT molecular complexity index is 308. The van der Waals surface area contributed by atoms with Crippen LogP contribution in [0.25, 0.3) is 0 Å². The van der Waals surface area contributed by atoms with E-state index in [9.17, 15) is 5.11 Å². The summed E-state index contributed by atoms with van der Waals surface area (Å²) in [5.41, 5.74) is 0.978. The molecule has 0 radical (unpaired) electrons. The summed E-state index contributed by atoms with van der Waals surface area (Å²) in [5, 5.41) is 9.37. The summed E-state index contributed by atoms with van der Waals surface area (Å²) >= 11 is 0. The minimum Gasteiger partial charge on any atom is -0.493 e. The monoisotopic (exact) mass is 210 g/mol. The van der Waals surface area contributed by atoms with E-state index < -0.39 is 0 Å². The number of para-hydroxylation sites is 1. The second-order valence-corrected chi connectivity index (χ2v) is 3.43. The molecule has 0 spiro atoms. The number of rotatable bonds is 5. The highest BCUT2D eigenvalue weighted by Gasteiger charge is 2.11. The number of hydrogen-bond donors (Lipinski definition) is 1. The van der Waals surface area contributed by atoms with Gasteiger partial charge in [0.05, 0.1) is 19.8 Å². The zero-order chi connectivity index (χ0) is 11.3. The normalized spacial score (nSPS) is 12.3. The highest BCUT2D eigenvalue weighted by molar-refractivity contribution is 5.46. The third-order valence-corrected chi connectivity index (χ3v) is 2.08. The highest BCUT2D eigenvalue weighted by Crippen LogP contribution is 2.31. The fourth-order valence-electron chi connectivity index (χ4n) is 1.51. The summed E-state index contributed by atoms with van der Waals surface area (Å²) in [7, 11) is 1.62. The predicted molar refractivity (Wildman–Crippen MR) is 59.5 cm³/mol. The largest absolute Gasteiger partial charge is 0.493 e. The Hall–Kier alpha value is -1.22. The van der Waals surface area contributed by atoms with Gasteiger partial charge in [-0.1, -0.05) is 12.1 Å². The molecule has 0 heterocycles. The van der Waals surface area contributed by atoms with E-state index >= 15 is 0 Å². The molecule has 1 atom stereocenters. The Morgan fingerprint density at radius 1 is 1.40 bits per heavy atom. The van der Waals surface area contributed by atoms with Crippen LogP contribution >= 0.6 is 0 Å². The van der Waals surface area contributed by atoms with E-state index in [-0.39, 0.29) is 6.10 Å². The van der Waals surface area contributed by atoms with Crippen molar-refractivity contribution in [3.8, 4) is 11.5 Å². The third kappa shape index (κ3) is 3.13. The Morgan fingerprint density at radius 3 is 2.67 bits per heavy atom. The van der Waals surface area contributed by atoms with Gasteiger partial charge < -0.3 is 14.6 Å². The Morgan fingerprint density at radius 2 is 2.13 bits per heavy atom. The van der Waals surface area contributed by atoms with Gasteiger partial charge in [0, 0.05) is 12.0 Å². The molecule has 3 nitrogen and oxygen atoms in total. The van der Waals surface area contributed by atoms with Crippen molar-refractivity contribution in [2.24, 2.45) is 0 Å². The van der Waals surface area contributed by atoms with E-state index in [0.29, 0.717) is 13.0 Å². The molecule has 0 aromatic heterocycles. The van der Waals surface area contributed by atoms with Gasteiger partial charge in [0.25, 0.3) is 0 Å². The molecule has 1 aromatic rings. The molecule has 0 bridgehead atoms. The van der Waals surface area contributed by atoms with Crippen molar-refractivity contribution < 1.29 is 14.6 Å². The molecule has 1 rings (SSSR count). The number of aliphatic hydroxyl groups excluding tert-OH is 1. The van der Waals surface area contributed by atoms with Crippen molar-refractivity contribution in [3.05, 3.63) is 23.8 Å². The lowest BCUT2D eigenvalue weighted by Crippen LogP contribution is -2.07. The first-order valence-electron chi connectivity index (χ1n) is 5.15. The van der Waals surface area contributed by atoms with E-state index in [1.165, 1.54) is 0 Å². The van der Waals surface area contributed by atoms with Gasteiger partial charge in [0.1, 0.15) is 0 Å². The molecule has 0 aliphatic carbocycles. The number of benzene rings is 1. The number of methoxy groups -OCH3 is 1. The SMILES string of the molecule is CCOc1c(CC(C)O)cccc1OC. The van der Waals surface area contributed by atoms with E-state index in [1.807, 2.05) is 25.1 Å². The molecule has 0 saturated heterocycles. The molecule has 15 heavy (non-hydrogen) atoms. The molecule has 0 aliphatic heterocycles. The van der Waals surface area contributed by atoms with E-state index in [0.717, 1.165) is 17.1 Å². The van der Waals surface area contributed by atoms with Gasteiger partial charge in [-0.2, -0.15) is 0 Å². The smallest absolute Gasteiger partial charge is 0.164 e. The first-order chi connectivity index (χ1) is 7.19. The summed E-state index contributed by atoms with van der Waals surface area (Å²) in [4.78, 5) is 0. The Labute approximate surface area is 90.6 Å². The van der Waals surface area contributed by atoms with E-state index in [2.05, 4.69) is 0 Å². The number of hydrogen-bond acceptors (Lipinski definition) is 3. The fraction of sp³-hybridized carbons (Fsp3) is 0.500. The molecule has 0 fully saturated rings. The van der Waals surface area contributed by atoms with Gasteiger partial charge in [0.2, 0.25) is 0 Å². The molecule has 0 saturated carbocycles. The lowest BCUT2D eigenvalue weighted by molar-refractivity contribution is 0.193. The second kappa shape index (κ2) is 5.61. The van der Waals surface area contributed by atoms with Crippen LogP contribution in [0, 0.1) is 0 Å². The molecule has 1 N–H and O–H groups in total. The zero-order valence-corrected chi connectivity index (χ0v) is 9.49. The lowest BCUT2D eigenvalue weighted by atomic mass is 10.1. The predicted octanol–water partition coefficient (Wildman–Crippen LogP) is 2.02. The Balaban J connectivity index is 3.01. The third-order valence-electron chi connectivity index (χ3n) is 2.08. The van der Waals surface area contributed by atoms with Crippen molar-refractivity contribution in [1.29, 1.82) is 0 Å². The first-order valence-corrected chi connectivity index (χ1v) is 5.15. The van der Waals surface area contributed by atoms with Gasteiger partial charge in [0.15, 0.2) is 11.5 Å². The fourth-order valence-corrected chi connectivity index (χ4v) is 1.51. The molecule has 3 heteroatoms. The quantitative estimate of drug-likeness (QED) is 0.808. The van der Waals surface area contributed by atoms with Crippen LogP contribution in [0.2, 0.25) is 0 Å². The second-order valence-electron chi connectivity index (χ2n) is 3.43. The maximum Gasteiger partial charge on any atom is 0.164 e. The highest BCUT2D eigenvalue weighted by atomic mass is 16.5.